The summed E-state index contributed by atoms with van der Waals surface area (Å²) in [5.41, 5.74) is 0.577. The molecule has 2 atom stereocenters. The molecule has 100 valence electrons. The van der Waals surface area contributed by atoms with Gasteiger partial charge in [-0.15, -0.1) is 0 Å². The van der Waals surface area contributed by atoms with Crippen LogP contribution in [0.4, 0.5) is 0 Å². The summed E-state index contributed by atoms with van der Waals surface area (Å²) in [5, 5.41) is 20.1. The summed E-state index contributed by atoms with van der Waals surface area (Å²) >= 11 is 0. The van der Waals surface area contributed by atoms with Crippen LogP contribution in [0.3, 0.4) is 0 Å². The van der Waals surface area contributed by atoms with Crippen LogP contribution < -0.4 is 0 Å². The highest BCUT2D eigenvalue weighted by atomic mass is 16.5. The van der Waals surface area contributed by atoms with Gasteiger partial charge in [-0.1, -0.05) is 37.3 Å². The Morgan fingerprint density at radius 2 is 1.78 bits per heavy atom. The highest BCUT2D eigenvalue weighted by molar-refractivity contribution is 5.13. The van der Waals surface area contributed by atoms with E-state index in [0.29, 0.717) is 13.2 Å². The fourth-order valence-electron chi connectivity index (χ4n) is 2.54. The fraction of sp³-hybridized carbons (Fsp3) is 0.600. The third-order valence-corrected chi connectivity index (χ3v) is 4.00. The molecule has 18 heavy (non-hydrogen) atoms. The van der Waals surface area contributed by atoms with Crippen LogP contribution in [0.2, 0.25) is 0 Å². The Kier molecular flexibility index (Phi) is 4.38. The van der Waals surface area contributed by atoms with E-state index in [0.717, 1.165) is 24.8 Å². The van der Waals surface area contributed by atoms with Crippen LogP contribution in [-0.4, -0.2) is 29.0 Å². The Balaban J connectivity index is 1.88. The lowest BCUT2D eigenvalue weighted by Gasteiger charge is -2.42. The lowest BCUT2D eigenvalue weighted by Crippen LogP contribution is -2.49. The zero-order valence-corrected chi connectivity index (χ0v) is 10.9. The third kappa shape index (κ3) is 2.91. The van der Waals surface area contributed by atoms with Crippen LogP contribution in [0, 0.1) is 5.41 Å². The third-order valence-electron chi connectivity index (χ3n) is 4.00. The van der Waals surface area contributed by atoms with Crippen molar-refractivity contribution in [1.82, 2.24) is 0 Å². The molecule has 0 bridgehead atoms. The first-order chi connectivity index (χ1) is 8.63. The molecule has 0 heterocycles. The van der Waals surface area contributed by atoms with E-state index in [4.69, 9.17) is 4.74 Å². The molecule has 0 amide bonds. The maximum absolute atomic E-state index is 10.1. The number of aliphatic hydroxyl groups excluding tert-OH is 2. The van der Waals surface area contributed by atoms with Crippen molar-refractivity contribution in [3.05, 3.63) is 35.9 Å². The van der Waals surface area contributed by atoms with E-state index in [1.807, 2.05) is 37.3 Å². The number of benzene rings is 1. The Morgan fingerprint density at radius 1 is 1.17 bits per heavy atom. The zero-order valence-electron chi connectivity index (χ0n) is 10.9. The van der Waals surface area contributed by atoms with Crippen LogP contribution in [0.15, 0.2) is 30.3 Å². The molecule has 1 aliphatic carbocycles. The largest absolute Gasteiger partial charge is 0.392 e. The van der Waals surface area contributed by atoms with Gasteiger partial charge in [-0.25, -0.2) is 0 Å². The number of aliphatic hydroxyl groups is 2. The quantitative estimate of drug-likeness (QED) is 0.860. The van der Waals surface area contributed by atoms with Gasteiger partial charge < -0.3 is 14.9 Å². The number of rotatable bonds is 4. The highest BCUT2D eigenvalue weighted by Gasteiger charge is 2.42. The van der Waals surface area contributed by atoms with Gasteiger partial charge in [0, 0.05) is 5.41 Å². The van der Waals surface area contributed by atoms with Crippen molar-refractivity contribution >= 4 is 0 Å². The van der Waals surface area contributed by atoms with E-state index in [2.05, 4.69) is 0 Å². The van der Waals surface area contributed by atoms with E-state index >= 15 is 0 Å². The Bertz CT molecular complexity index is 353. The normalized spacial score (nSPS) is 27.1. The Labute approximate surface area is 108 Å². The smallest absolute Gasteiger partial charge is 0.0717 e. The van der Waals surface area contributed by atoms with Crippen molar-refractivity contribution < 1.29 is 14.9 Å². The minimum absolute atomic E-state index is 0.393. The van der Waals surface area contributed by atoms with Crippen molar-refractivity contribution in [2.75, 3.05) is 6.61 Å². The number of ether oxygens (including phenoxy) is 1. The van der Waals surface area contributed by atoms with Gasteiger partial charge >= 0.3 is 0 Å². The zero-order chi connectivity index (χ0) is 13.0. The average Bonchev–Trinajstić information content (AvgIpc) is 2.38. The summed E-state index contributed by atoms with van der Waals surface area (Å²) in [6, 6.07) is 9.95. The van der Waals surface area contributed by atoms with Gasteiger partial charge in [-0.3, -0.25) is 0 Å². The lowest BCUT2D eigenvalue weighted by atomic mass is 9.71. The Morgan fingerprint density at radius 3 is 2.39 bits per heavy atom. The second-order valence-corrected chi connectivity index (χ2v) is 5.45. The molecule has 2 N–H and O–H groups in total. The van der Waals surface area contributed by atoms with Crippen molar-refractivity contribution in [2.24, 2.45) is 5.41 Å². The second-order valence-electron chi connectivity index (χ2n) is 5.45. The summed E-state index contributed by atoms with van der Waals surface area (Å²) in [4.78, 5) is 0. The number of hydrogen-bond acceptors (Lipinski definition) is 3. The summed E-state index contributed by atoms with van der Waals surface area (Å²) < 4.78 is 5.68. The minimum Gasteiger partial charge on any atom is -0.392 e. The molecular formula is C15H22O3. The molecule has 1 aliphatic rings. The molecule has 0 spiro atoms. The maximum Gasteiger partial charge on any atom is 0.0717 e. The molecule has 0 aliphatic heterocycles. The molecule has 1 aromatic carbocycles. The second kappa shape index (κ2) is 5.83. The molecule has 0 aromatic heterocycles. The molecule has 1 fully saturated rings. The van der Waals surface area contributed by atoms with Crippen molar-refractivity contribution in [3.63, 3.8) is 0 Å². The molecule has 1 aromatic rings. The first-order valence-electron chi connectivity index (χ1n) is 6.61. The van der Waals surface area contributed by atoms with Gasteiger partial charge in [0.2, 0.25) is 0 Å². The summed E-state index contributed by atoms with van der Waals surface area (Å²) in [6.45, 7) is 2.83. The molecule has 0 radical (unpaired) electrons. The lowest BCUT2D eigenvalue weighted by molar-refractivity contribution is -0.129. The molecular weight excluding hydrogens is 228 g/mol. The SMILES string of the molecule is CC1(COCc2ccccc2)[C@H](O)CCC[C@H]1O. The Hall–Kier alpha value is -0.900. The first kappa shape index (κ1) is 13.5. The number of hydrogen-bond donors (Lipinski definition) is 2. The van der Waals surface area contributed by atoms with Gasteiger partial charge in [0.05, 0.1) is 25.4 Å². The van der Waals surface area contributed by atoms with E-state index in [1.165, 1.54) is 0 Å². The maximum atomic E-state index is 10.1. The topological polar surface area (TPSA) is 49.7 Å². The van der Waals surface area contributed by atoms with Crippen LogP contribution in [-0.2, 0) is 11.3 Å². The predicted octanol–water partition coefficient (Wildman–Crippen LogP) is 2.12. The van der Waals surface area contributed by atoms with E-state index < -0.39 is 17.6 Å². The molecule has 0 unspecified atom stereocenters. The standard InChI is InChI=1S/C15H22O3/c1-15(13(16)8-5-9-14(15)17)11-18-10-12-6-3-2-4-7-12/h2-4,6-7,13-14,16-17H,5,8-11H2,1H3/t13-,14-/m1/s1. The summed E-state index contributed by atoms with van der Waals surface area (Å²) in [7, 11) is 0. The van der Waals surface area contributed by atoms with Crippen LogP contribution in [0.25, 0.3) is 0 Å². The molecule has 3 nitrogen and oxygen atoms in total. The minimum atomic E-state index is -0.535. The predicted molar refractivity (Wildman–Crippen MR) is 70.1 cm³/mol. The van der Waals surface area contributed by atoms with Gasteiger partial charge in [0.25, 0.3) is 0 Å². The van der Waals surface area contributed by atoms with Gasteiger partial charge in [0.1, 0.15) is 0 Å². The van der Waals surface area contributed by atoms with Crippen molar-refractivity contribution in [2.45, 2.75) is 45.0 Å². The molecule has 2 rings (SSSR count). The molecule has 0 saturated heterocycles. The monoisotopic (exact) mass is 250 g/mol. The molecule has 1 saturated carbocycles. The van der Waals surface area contributed by atoms with E-state index in [1.54, 1.807) is 0 Å². The van der Waals surface area contributed by atoms with Gasteiger partial charge in [-0.05, 0) is 24.8 Å². The van der Waals surface area contributed by atoms with Gasteiger partial charge in [-0.2, -0.15) is 0 Å². The van der Waals surface area contributed by atoms with E-state index in [9.17, 15) is 10.2 Å². The fourth-order valence-corrected chi connectivity index (χ4v) is 2.54. The first-order valence-corrected chi connectivity index (χ1v) is 6.61. The van der Waals surface area contributed by atoms with Crippen molar-refractivity contribution in [3.8, 4) is 0 Å². The summed E-state index contributed by atoms with van der Waals surface area (Å²) in [6.07, 6.45) is 1.44. The van der Waals surface area contributed by atoms with Crippen molar-refractivity contribution in [1.29, 1.82) is 0 Å². The highest BCUT2D eigenvalue weighted by Crippen LogP contribution is 2.36. The van der Waals surface area contributed by atoms with Crippen LogP contribution in [0.1, 0.15) is 31.7 Å². The summed E-state index contributed by atoms with van der Waals surface area (Å²) in [5.74, 6) is 0. The average molecular weight is 250 g/mol. The van der Waals surface area contributed by atoms with Crippen LogP contribution in [0.5, 0.6) is 0 Å². The van der Waals surface area contributed by atoms with E-state index in [-0.39, 0.29) is 0 Å². The molecule has 3 heteroatoms. The van der Waals surface area contributed by atoms with Gasteiger partial charge in [0.15, 0.2) is 0 Å². The van der Waals surface area contributed by atoms with Crippen LogP contribution >= 0.6 is 0 Å².